The minimum Gasteiger partial charge on any atom is -0.481 e. The summed E-state index contributed by atoms with van der Waals surface area (Å²) >= 11 is 12.8. The normalized spacial score (nSPS) is 24.2. The molecule has 2 aliphatic carbocycles. The average molecular weight is 641 g/mol. The lowest BCUT2D eigenvalue weighted by Crippen LogP contribution is -2.53. The SMILES string of the molecule is CC(C)(C)CCC(c1ccc(C(=O)NCCC(=O)O)cc1)N1C(=O)C(c2cc(Cl)cc(Cl)c2)=NC12CCC1CCCCC1C2. The molecule has 1 aliphatic heterocycles. The molecular weight excluding hydrogens is 597 g/mol. The van der Waals surface area contributed by atoms with Gasteiger partial charge in [0.2, 0.25) is 0 Å². The number of benzene rings is 2. The summed E-state index contributed by atoms with van der Waals surface area (Å²) in [5, 5.41) is 12.5. The van der Waals surface area contributed by atoms with Gasteiger partial charge in [-0.05, 0) is 85.3 Å². The average Bonchev–Trinajstić information content (AvgIpc) is 3.23. The Morgan fingerprint density at radius 1 is 1.05 bits per heavy atom. The van der Waals surface area contributed by atoms with Crippen LogP contribution in [0.2, 0.25) is 10.0 Å². The second-order valence-corrected chi connectivity index (χ2v) is 14.8. The lowest BCUT2D eigenvalue weighted by molar-refractivity contribution is -0.137. The molecule has 5 rings (SSSR count). The highest BCUT2D eigenvalue weighted by molar-refractivity contribution is 6.47. The van der Waals surface area contributed by atoms with Gasteiger partial charge < -0.3 is 15.3 Å². The van der Waals surface area contributed by atoms with Crippen LogP contribution in [0.4, 0.5) is 0 Å². The van der Waals surface area contributed by atoms with Crippen molar-refractivity contribution in [2.45, 2.75) is 96.7 Å². The fraction of sp³-hybridized carbons (Fsp3) is 0.543. The van der Waals surface area contributed by atoms with Crippen molar-refractivity contribution < 1.29 is 19.5 Å². The first-order chi connectivity index (χ1) is 20.8. The van der Waals surface area contributed by atoms with Crippen LogP contribution in [-0.4, -0.2) is 45.7 Å². The number of hydrogen-bond donors (Lipinski definition) is 2. The van der Waals surface area contributed by atoms with Crippen molar-refractivity contribution in [2.75, 3.05) is 6.54 Å². The van der Waals surface area contributed by atoms with Crippen molar-refractivity contribution in [1.29, 1.82) is 0 Å². The van der Waals surface area contributed by atoms with Gasteiger partial charge in [0.05, 0.1) is 12.5 Å². The Morgan fingerprint density at radius 2 is 1.70 bits per heavy atom. The van der Waals surface area contributed by atoms with Crippen LogP contribution in [0.5, 0.6) is 0 Å². The van der Waals surface area contributed by atoms with E-state index in [1.807, 2.05) is 12.1 Å². The molecule has 236 valence electrons. The number of aliphatic imine (C=N–C) groups is 1. The Hall–Kier alpha value is -2.90. The summed E-state index contributed by atoms with van der Waals surface area (Å²) in [4.78, 5) is 45.6. The van der Waals surface area contributed by atoms with Gasteiger partial charge in [0.25, 0.3) is 11.8 Å². The Morgan fingerprint density at radius 3 is 2.34 bits per heavy atom. The molecule has 7 nitrogen and oxygen atoms in total. The van der Waals surface area contributed by atoms with E-state index in [1.54, 1.807) is 30.3 Å². The zero-order chi connectivity index (χ0) is 31.6. The highest BCUT2D eigenvalue weighted by atomic mass is 35.5. The summed E-state index contributed by atoms with van der Waals surface area (Å²) < 4.78 is 0. The molecule has 4 atom stereocenters. The Bertz CT molecular complexity index is 1410. The standard InChI is InChI=1S/C35H43Cl2N3O4/c1-34(2,3)15-13-29(23-8-10-24(11-9-23)32(43)38-17-14-30(41)42)40-33(44)31(26-18-27(36)20-28(37)19-26)39-35(40)16-12-22-6-4-5-7-25(22)21-35/h8-11,18-20,22,25,29H,4-7,12-17,21H2,1-3H3,(H,38,43)(H,41,42). The highest BCUT2D eigenvalue weighted by Crippen LogP contribution is 2.52. The molecule has 2 aromatic carbocycles. The molecule has 1 spiro atoms. The number of halogens is 2. The van der Waals surface area contributed by atoms with Crippen LogP contribution in [0, 0.1) is 17.3 Å². The summed E-state index contributed by atoms with van der Waals surface area (Å²) in [5.41, 5.74) is 1.85. The quantitative estimate of drug-likeness (QED) is 0.290. The number of carboxylic acid groups (broad SMARTS) is 1. The van der Waals surface area contributed by atoms with Gasteiger partial charge in [-0.2, -0.15) is 0 Å². The van der Waals surface area contributed by atoms with Crippen molar-refractivity contribution in [1.82, 2.24) is 10.2 Å². The van der Waals surface area contributed by atoms with E-state index in [1.165, 1.54) is 25.7 Å². The predicted molar refractivity (Wildman–Crippen MR) is 174 cm³/mol. The smallest absolute Gasteiger partial charge is 0.305 e. The van der Waals surface area contributed by atoms with E-state index >= 15 is 0 Å². The first-order valence-corrected chi connectivity index (χ1v) is 16.6. The minimum atomic E-state index is -0.963. The second-order valence-electron chi connectivity index (χ2n) is 14.0. The largest absolute Gasteiger partial charge is 0.481 e. The van der Waals surface area contributed by atoms with Gasteiger partial charge in [-0.15, -0.1) is 0 Å². The Labute approximate surface area is 270 Å². The number of aliphatic carboxylic acids is 1. The maximum atomic E-state index is 14.6. The number of rotatable bonds is 9. The molecular formula is C35H43Cl2N3O4. The van der Waals surface area contributed by atoms with Crippen molar-refractivity contribution in [3.05, 3.63) is 69.2 Å². The van der Waals surface area contributed by atoms with E-state index in [-0.39, 0.29) is 36.2 Å². The molecule has 0 bridgehead atoms. The first-order valence-electron chi connectivity index (χ1n) is 15.9. The zero-order valence-electron chi connectivity index (χ0n) is 25.9. The molecule has 2 aromatic rings. The third kappa shape index (κ3) is 7.31. The van der Waals surface area contributed by atoms with Crippen molar-refractivity contribution in [2.24, 2.45) is 22.2 Å². The van der Waals surface area contributed by atoms with Gasteiger partial charge >= 0.3 is 5.97 Å². The summed E-state index contributed by atoms with van der Waals surface area (Å²) in [6, 6.07) is 12.4. The summed E-state index contributed by atoms with van der Waals surface area (Å²) in [6.45, 7) is 6.68. The monoisotopic (exact) mass is 639 g/mol. The third-order valence-corrected chi connectivity index (χ3v) is 9.99. The van der Waals surface area contributed by atoms with Gasteiger partial charge in [-0.3, -0.25) is 19.4 Å². The van der Waals surface area contributed by atoms with Crippen molar-refractivity contribution in [3.8, 4) is 0 Å². The van der Waals surface area contributed by atoms with E-state index in [0.717, 1.165) is 37.7 Å². The predicted octanol–water partition coefficient (Wildman–Crippen LogP) is 8.08. The summed E-state index contributed by atoms with van der Waals surface area (Å²) in [5.74, 6) is -0.184. The first kappa shape index (κ1) is 32.5. The third-order valence-electron chi connectivity index (χ3n) is 9.56. The molecule has 2 amide bonds. The van der Waals surface area contributed by atoms with Crippen molar-refractivity contribution in [3.63, 3.8) is 0 Å². The van der Waals surface area contributed by atoms with Gasteiger partial charge in [0.15, 0.2) is 0 Å². The van der Waals surface area contributed by atoms with Gasteiger partial charge in [-0.25, -0.2) is 0 Å². The number of carboxylic acids is 1. The van der Waals surface area contributed by atoms with E-state index < -0.39 is 11.6 Å². The molecule has 4 unspecified atom stereocenters. The van der Waals surface area contributed by atoms with E-state index in [4.69, 9.17) is 33.3 Å². The minimum absolute atomic E-state index is 0.0450. The van der Waals surface area contributed by atoms with Gasteiger partial charge in [0.1, 0.15) is 11.4 Å². The van der Waals surface area contributed by atoms with E-state index in [9.17, 15) is 14.4 Å². The van der Waals surface area contributed by atoms with Crippen LogP contribution in [0.3, 0.4) is 0 Å². The molecule has 44 heavy (non-hydrogen) atoms. The van der Waals surface area contributed by atoms with Gasteiger partial charge in [0, 0.05) is 27.7 Å². The summed E-state index contributed by atoms with van der Waals surface area (Å²) in [7, 11) is 0. The molecule has 0 radical (unpaired) electrons. The molecule has 1 heterocycles. The Kier molecular flexibility index (Phi) is 9.76. The lowest BCUT2D eigenvalue weighted by atomic mass is 9.67. The molecule has 0 aromatic heterocycles. The zero-order valence-corrected chi connectivity index (χ0v) is 27.4. The molecule has 3 aliphatic rings. The van der Waals surface area contributed by atoms with Crippen LogP contribution in [-0.2, 0) is 9.59 Å². The topological polar surface area (TPSA) is 99.1 Å². The number of carbonyl (C=O) groups excluding carboxylic acids is 2. The summed E-state index contributed by atoms with van der Waals surface area (Å²) in [6.07, 6.45) is 9.10. The highest BCUT2D eigenvalue weighted by Gasteiger charge is 2.54. The van der Waals surface area contributed by atoms with E-state index in [2.05, 4.69) is 31.0 Å². The fourth-order valence-electron chi connectivity index (χ4n) is 7.37. The molecule has 2 N–H and O–H groups in total. The number of carbonyl (C=O) groups is 3. The molecule has 2 fully saturated rings. The van der Waals surface area contributed by atoms with Crippen LogP contribution in [0.15, 0.2) is 47.5 Å². The molecule has 0 saturated heterocycles. The number of hydrogen-bond acceptors (Lipinski definition) is 4. The maximum absolute atomic E-state index is 14.6. The van der Waals surface area contributed by atoms with Crippen LogP contribution >= 0.6 is 23.2 Å². The van der Waals surface area contributed by atoms with Crippen LogP contribution in [0.1, 0.15) is 113 Å². The maximum Gasteiger partial charge on any atom is 0.305 e. The lowest BCUT2D eigenvalue weighted by Gasteiger charge is -2.49. The fourth-order valence-corrected chi connectivity index (χ4v) is 7.90. The number of nitrogens with zero attached hydrogens (tertiary/aromatic N) is 2. The van der Waals surface area contributed by atoms with Crippen LogP contribution < -0.4 is 5.32 Å². The molecule has 9 heteroatoms. The Balaban J connectivity index is 1.53. The number of fused-ring (bicyclic) bond motifs is 1. The van der Waals surface area contributed by atoms with E-state index in [0.29, 0.717) is 38.7 Å². The second kappa shape index (κ2) is 13.2. The van der Waals surface area contributed by atoms with Gasteiger partial charge in [-0.1, -0.05) is 81.8 Å². The number of nitrogens with one attached hydrogen (secondary N) is 1. The molecule has 2 saturated carbocycles. The van der Waals surface area contributed by atoms with Crippen LogP contribution in [0.25, 0.3) is 0 Å². The number of amides is 2. The van der Waals surface area contributed by atoms with Crippen molar-refractivity contribution >= 4 is 46.7 Å².